The van der Waals surface area contributed by atoms with Crippen molar-refractivity contribution in [2.24, 2.45) is 7.05 Å². The highest BCUT2D eigenvalue weighted by atomic mass is 19.1. The molecule has 1 aromatic heterocycles. The molecule has 1 unspecified atom stereocenters. The van der Waals surface area contributed by atoms with E-state index < -0.39 is 0 Å². The first-order chi connectivity index (χ1) is 9.65. The van der Waals surface area contributed by atoms with Crippen LogP contribution in [0.15, 0.2) is 30.6 Å². The molecule has 0 fully saturated rings. The normalized spacial score (nSPS) is 12.4. The molecule has 1 aromatic carbocycles. The lowest BCUT2D eigenvalue weighted by Crippen LogP contribution is -2.18. The van der Waals surface area contributed by atoms with Gasteiger partial charge < -0.3 is 14.6 Å². The number of hydrogen-bond donors (Lipinski definition) is 1. The maximum atomic E-state index is 13.8. The molecule has 2 aromatic rings. The molecule has 5 heteroatoms. The van der Waals surface area contributed by atoms with Crippen LogP contribution in [0.2, 0.25) is 0 Å². The summed E-state index contributed by atoms with van der Waals surface area (Å²) in [5.74, 6) is 0.967. The predicted octanol–water partition coefficient (Wildman–Crippen LogP) is 2.46. The van der Waals surface area contributed by atoms with E-state index in [1.54, 1.807) is 12.3 Å². The summed E-state index contributed by atoms with van der Waals surface area (Å²) in [4.78, 5) is 4.30. The molecular weight excluding hydrogens is 257 g/mol. The van der Waals surface area contributed by atoms with Crippen LogP contribution in [0.5, 0.6) is 5.75 Å². The molecule has 4 nitrogen and oxygen atoms in total. The number of halogens is 1. The fourth-order valence-electron chi connectivity index (χ4n) is 2.29. The van der Waals surface area contributed by atoms with Crippen molar-refractivity contribution >= 4 is 0 Å². The van der Waals surface area contributed by atoms with Gasteiger partial charge in [0.25, 0.3) is 0 Å². The number of nitrogens with one attached hydrogen (secondary N) is 1. The molecule has 0 spiro atoms. The topological polar surface area (TPSA) is 39.1 Å². The van der Waals surface area contributed by atoms with Gasteiger partial charge in [0.05, 0.1) is 7.11 Å². The molecule has 0 radical (unpaired) electrons. The third-order valence-corrected chi connectivity index (χ3v) is 3.50. The number of ether oxygens (including phenoxy) is 1. The van der Waals surface area contributed by atoms with Gasteiger partial charge in [0.15, 0.2) is 11.6 Å². The molecule has 20 heavy (non-hydrogen) atoms. The molecule has 0 aliphatic rings. The number of aryl methyl sites for hydroxylation is 2. The van der Waals surface area contributed by atoms with Crippen LogP contribution in [0, 0.1) is 5.82 Å². The Bertz CT molecular complexity index is 568. The Hall–Kier alpha value is -1.88. The Kier molecular flexibility index (Phi) is 4.74. The second-order valence-corrected chi connectivity index (χ2v) is 4.73. The summed E-state index contributed by atoms with van der Waals surface area (Å²) >= 11 is 0. The highest BCUT2D eigenvalue weighted by Crippen LogP contribution is 2.24. The minimum absolute atomic E-state index is 0.0899. The fraction of sp³-hybridized carbons (Fsp3) is 0.400. The average molecular weight is 277 g/mol. The molecule has 0 aliphatic carbocycles. The third-order valence-electron chi connectivity index (χ3n) is 3.50. The van der Waals surface area contributed by atoms with E-state index in [2.05, 4.69) is 10.3 Å². The summed E-state index contributed by atoms with van der Waals surface area (Å²) in [5, 5.41) is 3.22. The summed E-state index contributed by atoms with van der Waals surface area (Å²) in [6, 6.07) is 5.17. The third kappa shape index (κ3) is 3.17. The SMILES string of the molecule is CNC(CCc1nccn1C)c1ccc(OC)c(F)c1. The lowest BCUT2D eigenvalue weighted by Gasteiger charge is -2.17. The smallest absolute Gasteiger partial charge is 0.165 e. The maximum Gasteiger partial charge on any atom is 0.165 e. The van der Waals surface area contributed by atoms with E-state index in [9.17, 15) is 4.39 Å². The first-order valence-corrected chi connectivity index (χ1v) is 6.62. The zero-order valence-electron chi connectivity index (χ0n) is 12.1. The Morgan fingerprint density at radius 2 is 2.25 bits per heavy atom. The Morgan fingerprint density at radius 3 is 2.80 bits per heavy atom. The number of methoxy groups -OCH3 is 1. The standard InChI is InChI=1S/C15H20FN3O/c1-17-13(5-7-15-18-8-9-19(15)2)11-4-6-14(20-3)12(16)10-11/h4,6,8-10,13,17H,5,7H2,1-3H3. The van der Waals surface area contributed by atoms with Gasteiger partial charge in [-0.05, 0) is 31.2 Å². The van der Waals surface area contributed by atoms with Gasteiger partial charge in [-0.3, -0.25) is 0 Å². The summed E-state index contributed by atoms with van der Waals surface area (Å²) in [6.45, 7) is 0. The lowest BCUT2D eigenvalue weighted by atomic mass is 10.0. The van der Waals surface area contributed by atoms with Crippen LogP contribution >= 0.6 is 0 Å². The largest absolute Gasteiger partial charge is 0.494 e. The molecular formula is C15H20FN3O. The summed E-state index contributed by atoms with van der Waals surface area (Å²) in [7, 11) is 5.32. The van der Waals surface area contributed by atoms with Crippen molar-refractivity contribution < 1.29 is 9.13 Å². The van der Waals surface area contributed by atoms with Gasteiger partial charge in [-0.1, -0.05) is 6.07 Å². The summed E-state index contributed by atoms with van der Waals surface area (Å²) in [6.07, 6.45) is 5.41. The van der Waals surface area contributed by atoms with Crippen molar-refractivity contribution in [3.8, 4) is 5.75 Å². The molecule has 108 valence electrons. The van der Waals surface area contributed by atoms with Gasteiger partial charge in [0.1, 0.15) is 5.82 Å². The van der Waals surface area contributed by atoms with Gasteiger partial charge >= 0.3 is 0 Å². The zero-order valence-corrected chi connectivity index (χ0v) is 12.1. The number of nitrogens with zero attached hydrogens (tertiary/aromatic N) is 2. The van der Waals surface area contributed by atoms with E-state index in [-0.39, 0.29) is 17.6 Å². The second-order valence-electron chi connectivity index (χ2n) is 4.73. The average Bonchev–Trinajstić information content (AvgIpc) is 2.85. The molecule has 1 heterocycles. The molecule has 0 bridgehead atoms. The molecule has 1 atom stereocenters. The first kappa shape index (κ1) is 14.5. The lowest BCUT2D eigenvalue weighted by molar-refractivity contribution is 0.385. The Morgan fingerprint density at radius 1 is 1.45 bits per heavy atom. The van der Waals surface area contributed by atoms with E-state index in [1.165, 1.54) is 13.2 Å². The van der Waals surface area contributed by atoms with E-state index in [0.717, 1.165) is 24.2 Å². The molecule has 0 saturated carbocycles. The Balaban J connectivity index is 2.08. The van der Waals surface area contributed by atoms with Crippen LogP contribution in [0.4, 0.5) is 4.39 Å². The van der Waals surface area contributed by atoms with Gasteiger partial charge in [-0.25, -0.2) is 9.37 Å². The fourth-order valence-corrected chi connectivity index (χ4v) is 2.29. The van der Waals surface area contributed by atoms with Crippen LogP contribution in [0.25, 0.3) is 0 Å². The van der Waals surface area contributed by atoms with E-state index in [1.807, 2.05) is 30.9 Å². The minimum atomic E-state index is -0.331. The monoisotopic (exact) mass is 277 g/mol. The Labute approximate surface area is 118 Å². The number of imidazole rings is 1. The van der Waals surface area contributed by atoms with Crippen LogP contribution in [-0.4, -0.2) is 23.7 Å². The van der Waals surface area contributed by atoms with E-state index in [0.29, 0.717) is 0 Å². The summed E-state index contributed by atoms with van der Waals surface area (Å²) < 4.78 is 20.7. The van der Waals surface area contributed by atoms with Crippen molar-refractivity contribution in [1.82, 2.24) is 14.9 Å². The highest BCUT2D eigenvalue weighted by molar-refractivity contribution is 5.31. The molecule has 0 amide bonds. The molecule has 1 N–H and O–H groups in total. The second kappa shape index (κ2) is 6.52. The quantitative estimate of drug-likeness (QED) is 0.881. The number of hydrogen-bond acceptors (Lipinski definition) is 3. The van der Waals surface area contributed by atoms with Crippen LogP contribution in [-0.2, 0) is 13.5 Å². The van der Waals surface area contributed by atoms with Gasteiger partial charge in [-0.2, -0.15) is 0 Å². The minimum Gasteiger partial charge on any atom is -0.494 e. The van der Waals surface area contributed by atoms with Gasteiger partial charge in [-0.15, -0.1) is 0 Å². The summed E-state index contributed by atoms with van der Waals surface area (Å²) in [5.41, 5.74) is 0.917. The van der Waals surface area contributed by atoms with Crippen LogP contribution in [0.1, 0.15) is 23.9 Å². The number of rotatable bonds is 6. The molecule has 0 aliphatic heterocycles. The molecule has 2 rings (SSSR count). The van der Waals surface area contributed by atoms with Gasteiger partial charge in [0.2, 0.25) is 0 Å². The van der Waals surface area contributed by atoms with Crippen LogP contribution < -0.4 is 10.1 Å². The molecule has 0 saturated heterocycles. The maximum absolute atomic E-state index is 13.8. The van der Waals surface area contributed by atoms with Crippen molar-refractivity contribution in [2.75, 3.05) is 14.2 Å². The number of aromatic nitrogens is 2. The van der Waals surface area contributed by atoms with Crippen molar-refractivity contribution in [2.45, 2.75) is 18.9 Å². The van der Waals surface area contributed by atoms with Gasteiger partial charge in [0, 0.05) is 31.9 Å². The van der Waals surface area contributed by atoms with Crippen molar-refractivity contribution in [1.29, 1.82) is 0 Å². The number of benzene rings is 1. The van der Waals surface area contributed by atoms with E-state index >= 15 is 0 Å². The first-order valence-electron chi connectivity index (χ1n) is 6.62. The van der Waals surface area contributed by atoms with E-state index in [4.69, 9.17) is 4.74 Å². The van der Waals surface area contributed by atoms with Crippen LogP contribution in [0.3, 0.4) is 0 Å². The van der Waals surface area contributed by atoms with Crippen molar-refractivity contribution in [3.05, 3.63) is 47.8 Å². The zero-order chi connectivity index (χ0) is 14.5. The van der Waals surface area contributed by atoms with Crippen molar-refractivity contribution in [3.63, 3.8) is 0 Å². The predicted molar refractivity (Wildman–Crippen MR) is 76.3 cm³/mol. The highest BCUT2D eigenvalue weighted by Gasteiger charge is 2.13.